The highest BCUT2D eigenvalue weighted by atomic mass is 16.5. The lowest BCUT2D eigenvalue weighted by molar-refractivity contribution is -0.147. The lowest BCUT2D eigenvalue weighted by Gasteiger charge is -2.31. The zero-order valence-electron chi connectivity index (χ0n) is 17.9. The molecule has 0 fully saturated rings. The molecule has 0 bridgehead atoms. The Kier molecular flexibility index (Phi) is 15.3. The Morgan fingerprint density at radius 2 is 1.16 bits per heavy atom. The van der Waals surface area contributed by atoms with Crippen LogP contribution in [0.15, 0.2) is 0 Å². The first-order chi connectivity index (χ1) is 11.9. The Bertz CT molecular complexity index is 313. The summed E-state index contributed by atoms with van der Waals surface area (Å²) in [6.07, 6.45) is 17.8. The van der Waals surface area contributed by atoms with Gasteiger partial charge in [-0.1, -0.05) is 84.0 Å². The molecule has 0 aliphatic rings. The summed E-state index contributed by atoms with van der Waals surface area (Å²) >= 11 is 0. The van der Waals surface area contributed by atoms with Gasteiger partial charge in [-0.3, -0.25) is 4.79 Å². The van der Waals surface area contributed by atoms with Crippen LogP contribution in [-0.4, -0.2) is 37.1 Å². The third-order valence-electron chi connectivity index (χ3n) is 5.28. The van der Waals surface area contributed by atoms with Gasteiger partial charge >= 0.3 is 5.97 Å². The van der Waals surface area contributed by atoms with Crippen LogP contribution < -0.4 is 0 Å². The van der Waals surface area contributed by atoms with Gasteiger partial charge in [-0.2, -0.15) is 0 Å². The molecule has 0 amide bonds. The first kappa shape index (κ1) is 24.4. The summed E-state index contributed by atoms with van der Waals surface area (Å²) in [7, 11) is 4.03. The van der Waals surface area contributed by atoms with E-state index in [9.17, 15) is 4.79 Å². The van der Waals surface area contributed by atoms with Crippen LogP contribution >= 0.6 is 0 Å². The zero-order chi connectivity index (χ0) is 19.0. The minimum Gasteiger partial charge on any atom is -0.464 e. The maximum Gasteiger partial charge on any atom is 0.305 e. The van der Waals surface area contributed by atoms with Crippen molar-refractivity contribution in [3.63, 3.8) is 0 Å². The van der Waals surface area contributed by atoms with E-state index in [1.807, 2.05) is 14.1 Å². The maximum atomic E-state index is 11.8. The van der Waals surface area contributed by atoms with E-state index in [1.54, 1.807) is 0 Å². The Hall–Kier alpha value is -0.570. The molecule has 3 nitrogen and oxygen atoms in total. The zero-order valence-corrected chi connectivity index (χ0v) is 17.9. The van der Waals surface area contributed by atoms with Gasteiger partial charge in [0.15, 0.2) is 0 Å². The number of carbonyl (C=O) groups is 1. The van der Waals surface area contributed by atoms with E-state index in [2.05, 4.69) is 25.7 Å². The summed E-state index contributed by atoms with van der Waals surface area (Å²) in [5.41, 5.74) is -0.0916. The summed E-state index contributed by atoms with van der Waals surface area (Å²) in [6.45, 7) is 6.92. The minimum absolute atomic E-state index is 0.0435. The van der Waals surface area contributed by atoms with Gasteiger partial charge in [0.25, 0.3) is 0 Å². The van der Waals surface area contributed by atoms with Crippen LogP contribution in [0.4, 0.5) is 0 Å². The standard InChI is InChI=1S/C22H45NO2/c1-6-7-8-9-10-11-12-13-14-15-16-17-18-19-21(24)25-20-22(2,3)23(4)5/h6-20H2,1-5H3. The molecule has 0 atom stereocenters. The van der Waals surface area contributed by atoms with Gasteiger partial charge in [0.1, 0.15) is 6.61 Å². The second-order valence-corrected chi connectivity index (χ2v) is 8.36. The predicted octanol–water partition coefficient (Wildman–Crippen LogP) is 6.35. The number of unbranched alkanes of at least 4 members (excludes halogenated alkanes) is 12. The van der Waals surface area contributed by atoms with Crippen LogP contribution in [0.1, 0.15) is 111 Å². The molecule has 0 N–H and O–H groups in total. The first-order valence-electron chi connectivity index (χ1n) is 10.7. The van der Waals surface area contributed by atoms with E-state index >= 15 is 0 Å². The summed E-state index contributed by atoms with van der Waals surface area (Å²) in [5.74, 6) is -0.0435. The van der Waals surface area contributed by atoms with Gasteiger partial charge in [-0.25, -0.2) is 0 Å². The van der Waals surface area contributed by atoms with Crippen molar-refractivity contribution in [3.05, 3.63) is 0 Å². The molecule has 0 aromatic rings. The van der Waals surface area contributed by atoms with Crippen molar-refractivity contribution in [1.82, 2.24) is 4.90 Å². The molecular weight excluding hydrogens is 310 g/mol. The molecule has 0 heterocycles. The third kappa shape index (κ3) is 15.4. The highest BCUT2D eigenvalue weighted by Crippen LogP contribution is 2.14. The van der Waals surface area contributed by atoms with Crippen molar-refractivity contribution in [3.8, 4) is 0 Å². The van der Waals surface area contributed by atoms with Crippen molar-refractivity contribution in [1.29, 1.82) is 0 Å². The molecule has 0 aromatic heterocycles. The van der Waals surface area contributed by atoms with Gasteiger partial charge in [-0.05, 0) is 34.4 Å². The monoisotopic (exact) mass is 355 g/mol. The third-order valence-corrected chi connectivity index (χ3v) is 5.28. The SMILES string of the molecule is CCCCCCCCCCCCCCCC(=O)OCC(C)(C)N(C)C. The van der Waals surface area contributed by atoms with Gasteiger partial charge in [0.05, 0.1) is 0 Å². The average molecular weight is 356 g/mol. The fourth-order valence-corrected chi connectivity index (χ4v) is 2.75. The van der Waals surface area contributed by atoms with E-state index in [-0.39, 0.29) is 11.5 Å². The topological polar surface area (TPSA) is 29.5 Å². The van der Waals surface area contributed by atoms with Crippen molar-refractivity contribution >= 4 is 5.97 Å². The van der Waals surface area contributed by atoms with Crippen molar-refractivity contribution in [2.75, 3.05) is 20.7 Å². The molecular formula is C22H45NO2. The van der Waals surface area contributed by atoms with E-state index in [1.165, 1.54) is 70.6 Å². The number of rotatable bonds is 17. The molecule has 3 heteroatoms. The second-order valence-electron chi connectivity index (χ2n) is 8.36. The van der Waals surface area contributed by atoms with E-state index < -0.39 is 0 Å². The molecule has 0 aromatic carbocycles. The molecule has 0 saturated heterocycles. The first-order valence-corrected chi connectivity index (χ1v) is 10.7. The fourth-order valence-electron chi connectivity index (χ4n) is 2.75. The molecule has 0 aliphatic carbocycles. The number of hydrogen-bond donors (Lipinski definition) is 0. The number of hydrogen-bond acceptors (Lipinski definition) is 3. The van der Waals surface area contributed by atoms with Crippen LogP contribution in [0.25, 0.3) is 0 Å². The van der Waals surface area contributed by atoms with E-state index in [0.717, 1.165) is 12.8 Å². The Labute approximate surface area is 157 Å². The molecule has 0 saturated carbocycles. The van der Waals surface area contributed by atoms with E-state index in [0.29, 0.717) is 13.0 Å². The van der Waals surface area contributed by atoms with Crippen LogP contribution in [-0.2, 0) is 9.53 Å². The summed E-state index contributed by atoms with van der Waals surface area (Å²) < 4.78 is 5.39. The van der Waals surface area contributed by atoms with Crippen LogP contribution in [0.5, 0.6) is 0 Å². The van der Waals surface area contributed by atoms with Crippen LogP contribution in [0, 0.1) is 0 Å². The average Bonchev–Trinajstić information content (AvgIpc) is 2.57. The van der Waals surface area contributed by atoms with Crippen molar-refractivity contribution < 1.29 is 9.53 Å². The number of ether oxygens (including phenoxy) is 1. The normalized spacial score (nSPS) is 11.9. The van der Waals surface area contributed by atoms with Gasteiger partial charge in [0.2, 0.25) is 0 Å². The van der Waals surface area contributed by atoms with Crippen molar-refractivity contribution in [2.45, 2.75) is 116 Å². The van der Waals surface area contributed by atoms with E-state index in [4.69, 9.17) is 4.74 Å². The molecule has 0 aliphatic heterocycles. The molecule has 0 radical (unpaired) electrons. The summed E-state index contributed by atoms with van der Waals surface area (Å²) in [4.78, 5) is 13.9. The van der Waals surface area contributed by atoms with Crippen molar-refractivity contribution in [2.24, 2.45) is 0 Å². The Morgan fingerprint density at radius 1 is 0.760 bits per heavy atom. The van der Waals surface area contributed by atoms with Gasteiger partial charge in [0, 0.05) is 12.0 Å². The lowest BCUT2D eigenvalue weighted by Crippen LogP contribution is -2.43. The molecule has 25 heavy (non-hydrogen) atoms. The Morgan fingerprint density at radius 3 is 1.56 bits per heavy atom. The smallest absolute Gasteiger partial charge is 0.305 e. The minimum atomic E-state index is -0.0916. The number of likely N-dealkylation sites (N-methyl/N-ethyl adjacent to an activating group) is 1. The van der Waals surface area contributed by atoms with Gasteiger partial charge in [-0.15, -0.1) is 0 Å². The molecule has 0 spiro atoms. The summed E-state index contributed by atoms with van der Waals surface area (Å²) in [6, 6.07) is 0. The van der Waals surface area contributed by atoms with Crippen LogP contribution in [0.2, 0.25) is 0 Å². The lowest BCUT2D eigenvalue weighted by atomic mass is 10.0. The highest BCUT2D eigenvalue weighted by molar-refractivity contribution is 5.69. The number of esters is 1. The Balaban J connectivity index is 3.31. The van der Waals surface area contributed by atoms with Crippen LogP contribution in [0.3, 0.4) is 0 Å². The molecule has 0 rings (SSSR count). The molecule has 150 valence electrons. The maximum absolute atomic E-state index is 11.8. The quantitative estimate of drug-likeness (QED) is 0.225. The highest BCUT2D eigenvalue weighted by Gasteiger charge is 2.22. The van der Waals surface area contributed by atoms with Gasteiger partial charge < -0.3 is 9.64 Å². The summed E-state index contributed by atoms with van der Waals surface area (Å²) in [5, 5.41) is 0. The molecule has 0 unspecified atom stereocenters. The predicted molar refractivity (Wildman–Crippen MR) is 109 cm³/mol. The number of nitrogens with zero attached hydrogens (tertiary/aromatic N) is 1. The fraction of sp³-hybridized carbons (Fsp3) is 0.955. The largest absolute Gasteiger partial charge is 0.464 e. The number of carbonyl (C=O) groups excluding carboxylic acids is 1. The second kappa shape index (κ2) is 15.7.